The molecular formula is C18H25ClN6O. The molecule has 1 aromatic heterocycles. The first-order valence-corrected chi connectivity index (χ1v) is 9.02. The summed E-state index contributed by atoms with van der Waals surface area (Å²) in [7, 11) is 0. The van der Waals surface area contributed by atoms with Gasteiger partial charge in [0.1, 0.15) is 6.54 Å². The Balaban J connectivity index is 0.00000196. The summed E-state index contributed by atoms with van der Waals surface area (Å²) < 4.78 is 0. The summed E-state index contributed by atoms with van der Waals surface area (Å²) in [6.45, 7) is 6.06. The van der Waals surface area contributed by atoms with Gasteiger partial charge in [-0.05, 0) is 49.9 Å². The molecule has 2 aliphatic heterocycles. The Morgan fingerprint density at radius 3 is 2.46 bits per heavy atom. The number of nitrogens with zero attached hydrogens (tertiary/aromatic N) is 5. The highest BCUT2D eigenvalue weighted by molar-refractivity contribution is 5.85. The quantitative estimate of drug-likeness (QED) is 0.879. The van der Waals surface area contributed by atoms with Crippen molar-refractivity contribution in [3.05, 3.63) is 29.8 Å². The Morgan fingerprint density at radius 1 is 1.15 bits per heavy atom. The minimum Gasteiger partial charge on any atom is -0.341 e. The van der Waals surface area contributed by atoms with Crippen LogP contribution in [-0.4, -0.2) is 57.2 Å². The third-order valence-electron chi connectivity index (χ3n) is 5.41. The van der Waals surface area contributed by atoms with Gasteiger partial charge in [0.2, 0.25) is 11.7 Å². The molecule has 0 bridgehead atoms. The molecule has 1 amide bonds. The van der Waals surface area contributed by atoms with E-state index in [2.05, 4.69) is 20.7 Å². The first-order valence-electron chi connectivity index (χ1n) is 9.02. The lowest BCUT2D eigenvalue weighted by Crippen LogP contribution is -2.35. The lowest BCUT2D eigenvalue weighted by molar-refractivity contribution is -0.132. The Labute approximate surface area is 159 Å². The highest BCUT2D eigenvalue weighted by Gasteiger charge is 2.31. The van der Waals surface area contributed by atoms with Crippen LogP contribution in [-0.2, 0) is 11.3 Å². The minimum absolute atomic E-state index is 0. The minimum atomic E-state index is 0. The molecule has 7 nitrogen and oxygen atoms in total. The molecule has 3 heterocycles. The van der Waals surface area contributed by atoms with E-state index < -0.39 is 0 Å². The Bertz CT molecular complexity index is 732. The van der Waals surface area contributed by atoms with Gasteiger partial charge in [0.15, 0.2) is 0 Å². The standard InChI is InChI=1S/C18H24N6O.ClH/c1-13-2-4-14(5-3-13)18-20-22-24(21-18)12-17(25)23-8-6-15-10-19-11-16(15)7-9-23;/h2-5,15-16,19H,6-12H2,1H3;1H/t15-,16+;. The SMILES string of the molecule is Cc1ccc(-c2nnn(CC(=O)N3CC[C@@H]4CNC[C@@H]4CC3)n2)cc1.Cl. The molecule has 2 aromatic rings. The molecular weight excluding hydrogens is 352 g/mol. The average molecular weight is 377 g/mol. The van der Waals surface area contributed by atoms with Gasteiger partial charge in [-0.1, -0.05) is 29.8 Å². The summed E-state index contributed by atoms with van der Waals surface area (Å²) >= 11 is 0. The van der Waals surface area contributed by atoms with Gasteiger partial charge in [-0.15, -0.1) is 22.6 Å². The number of fused-ring (bicyclic) bond motifs is 1. The van der Waals surface area contributed by atoms with Crippen LogP contribution in [0.2, 0.25) is 0 Å². The molecule has 2 saturated heterocycles. The largest absolute Gasteiger partial charge is 0.341 e. The van der Waals surface area contributed by atoms with E-state index in [0.29, 0.717) is 5.82 Å². The number of hydrogen-bond acceptors (Lipinski definition) is 5. The second-order valence-electron chi connectivity index (χ2n) is 7.15. The predicted molar refractivity (Wildman–Crippen MR) is 101 cm³/mol. The molecule has 4 rings (SSSR count). The first kappa shape index (κ1) is 18.8. The smallest absolute Gasteiger partial charge is 0.246 e. The second-order valence-corrected chi connectivity index (χ2v) is 7.15. The van der Waals surface area contributed by atoms with E-state index in [0.717, 1.165) is 56.4 Å². The van der Waals surface area contributed by atoms with Gasteiger partial charge in [-0.2, -0.15) is 4.80 Å². The van der Waals surface area contributed by atoms with E-state index in [1.54, 1.807) is 0 Å². The highest BCUT2D eigenvalue weighted by Crippen LogP contribution is 2.27. The van der Waals surface area contributed by atoms with E-state index in [4.69, 9.17) is 0 Å². The molecule has 2 aliphatic rings. The topological polar surface area (TPSA) is 75.9 Å². The molecule has 140 valence electrons. The Morgan fingerprint density at radius 2 is 1.81 bits per heavy atom. The molecule has 0 spiro atoms. The molecule has 0 radical (unpaired) electrons. The number of amides is 1. The number of carbonyl (C=O) groups excluding carboxylic acids is 1. The highest BCUT2D eigenvalue weighted by atomic mass is 35.5. The summed E-state index contributed by atoms with van der Waals surface area (Å²) in [6, 6.07) is 7.98. The fraction of sp³-hybridized carbons (Fsp3) is 0.556. The van der Waals surface area contributed by atoms with Crippen molar-refractivity contribution in [2.45, 2.75) is 26.3 Å². The number of rotatable bonds is 3. The molecule has 0 aliphatic carbocycles. The van der Waals surface area contributed by atoms with Gasteiger partial charge in [-0.25, -0.2) is 0 Å². The Hall–Kier alpha value is -1.99. The van der Waals surface area contributed by atoms with E-state index in [1.165, 1.54) is 10.4 Å². The number of tetrazole rings is 1. The van der Waals surface area contributed by atoms with Crippen molar-refractivity contribution in [1.82, 2.24) is 30.4 Å². The zero-order chi connectivity index (χ0) is 17.2. The summed E-state index contributed by atoms with van der Waals surface area (Å²) in [6.07, 6.45) is 2.17. The van der Waals surface area contributed by atoms with Crippen molar-refractivity contribution in [2.24, 2.45) is 11.8 Å². The number of aryl methyl sites for hydroxylation is 1. The third kappa shape index (κ3) is 4.04. The number of nitrogens with one attached hydrogen (secondary N) is 1. The van der Waals surface area contributed by atoms with Crippen LogP contribution in [0.5, 0.6) is 0 Å². The summed E-state index contributed by atoms with van der Waals surface area (Å²) in [5, 5.41) is 16.0. The summed E-state index contributed by atoms with van der Waals surface area (Å²) in [5.74, 6) is 2.08. The maximum atomic E-state index is 12.6. The third-order valence-corrected chi connectivity index (χ3v) is 5.41. The second kappa shape index (κ2) is 8.14. The van der Waals surface area contributed by atoms with E-state index in [1.807, 2.05) is 36.1 Å². The molecule has 1 aromatic carbocycles. The van der Waals surface area contributed by atoms with Crippen LogP contribution < -0.4 is 5.32 Å². The fourth-order valence-corrected chi connectivity index (χ4v) is 3.82. The van der Waals surface area contributed by atoms with Gasteiger partial charge in [0, 0.05) is 18.7 Å². The molecule has 2 fully saturated rings. The number of carbonyl (C=O) groups is 1. The van der Waals surface area contributed by atoms with Gasteiger partial charge < -0.3 is 10.2 Å². The summed E-state index contributed by atoms with van der Waals surface area (Å²) in [4.78, 5) is 16.0. The van der Waals surface area contributed by atoms with Gasteiger partial charge in [0.25, 0.3) is 0 Å². The van der Waals surface area contributed by atoms with Gasteiger partial charge in [0.05, 0.1) is 0 Å². The van der Waals surface area contributed by atoms with E-state index in [-0.39, 0.29) is 24.9 Å². The van der Waals surface area contributed by atoms with Crippen LogP contribution >= 0.6 is 12.4 Å². The molecule has 8 heteroatoms. The number of benzene rings is 1. The molecule has 0 saturated carbocycles. The van der Waals surface area contributed by atoms with Crippen LogP contribution in [0.1, 0.15) is 18.4 Å². The first-order chi connectivity index (χ1) is 12.2. The molecule has 1 N–H and O–H groups in total. The van der Waals surface area contributed by atoms with Crippen LogP contribution in [0.15, 0.2) is 24.3 Å². The number of aromatic nitrogens is 4. The van der Waals surface area contributed by atoms with Crippen molar-refractivity contribution >= 4 is 18.3 Å². The zero-order valence-electron chi connectivity index (χ0n) is 15.0. The van der Waals surface area contributed by atoms with Crippen molar-refractivity contribution in [3.63, 3.8) is 0 Å². The van der Waals surface area contributed by atoms with Crippen molar-refractivity contribution in [3.8, 4) is 11.4 Å². The maximum absolute atomic E-state index is 12.6. The van der Waals surface area contributed by atoms with Crippen molar-refractivity contribution in [2.75, 3.05) is 26.2 Å². The van der Waals surface area contributed by atoms with E-state index in [9.17, 15) is 4.79 Å². The normalized spacial score (nSPS) is 22.4. The van der Waals surface area contributed by atoms with Crippen LogP contribution in [0, 0.1) is 18.8 Å². The van der Waals surface area contributed by atoms with Crippen molar-refractivity contribution < 1.29 is 4.79 Å². The van der Waals surface area contributed by atoms with E-state index >= 15 is 0 Å². The Kier molecular flexibility index (Phi) is 5.88. The number of hydrogen-bond donors (Lipinski definition) is 1. The number of halogens is 1. The lowest BCUT2D eigenvalue weighted by Gasteiger charge is -2.20. The summed E-state index contributed by atoms with van der Waals surface area (Å²) in [5.41, 5.74) is 2.10. The predicted octanol–water partition coefficient (Wildman–Crippen LogP) is 1.53. The van der Waals surface area contributed by atoms with Crippen LogP contribution in [0.25, 0.3) is 11.4 Å². The maximum Gasteiger partial charge on any atom is 0.246 e. The van der Waals surface area contributed by atoms with Crippen LogP contribution in [0.3, 0.4) is 0 Å². The molecule has 0 unspecified atom stereocenters. The molecule has 26 heavy (non-hydrogen) atoms. The van der Waals surface area contributed by atoms with Crippen molar-refractivity contribution in [1.29, 1.82) is 0 Å². The number of likely N-dealkylation sites (tertiary alicyclic amines) is 1. The monoisotopic (exact) mass is 376 g/mol. The molecule has 2 atom stereocenters. The lowest BCUT2D eigenvalue weighted by atomic mass is 9.92. The van der Waals surface area contributed by atoms with Gasteiger partial charge in [-0.3, -0.25) is 4.79 Å². The van der Waals surface area contributed by atoms with Crippen LogP contribution in [0.4, 0.5) is 0 Å². The average Bonchev–Trinajstić information content (AvgIpc) is 3.21. The van der Waals surface area contributed by atoms with Gasteiger partial charge >= 0.3 is 0 Å². The zero-order valence-corrected chi connectivity index (χ0v) is 15.8. The fourth-order valence-electron chi connectivity index (χ4n) is 3.82.